The fraction of sp³-hybridized carbons (Fsp3) is 0.160. The molecule has 0 atom stereocenters. The number of ether oxygens (including phenoxy) is 1. The minimum atomic E-state index is -3.75. The summed E-state index contributed by atoms with van der Waals surface area (Å²) in [4.78, 5) is 23.4. The van der Waals surface area contributed by atoms with Gasteiger partial charge in [-0.25, -0.2) is 18.4 Å². The first kappa shape index (κ1) is 24.0. The Kier molecular flexibility index (Phi) is 7.11. The highest BCUT2D eigenvalue weighted by Crippen LogP contribution is 2.25. The zero-order valence-corrected chi connectivity index (χ0v) is 20.0. The van der Waals surface area contributed by atoms with E-state index in [-0.39, 0.29) is 5.69 Å². The maximum atomic E-state index is 13.4. The molecule has 2 aromatic heterocycles. The van der Waals surface area contributed by atoms with Gasteiger partial charge in [-0.15, -0.1) is 0 Å². The molecule has 9 nitrogen and oxygen atoms in total. The van der Waals surface area contributed by atoms with Gasteiger partial charge in [0.1, 0.15) is 11.5 Å². The van der Waals surface area contributed by atoms with E-state index < -0.39 is 20.9 Å². The van der Waals surface area contributed by atoms with E-state index in [9.17, 15) is 13.2 Å². The number of carbonyl (C=O) groups excluding carboxylic acids is 1. The van der Waals surface area contributed by atoms with Crippen LogP contribution in [0.25, 0.3) is 0 Å². The molecule has 4 rings (SSSR count). The van der Waals surface area contributed by atoms with Gasteiger partial charge in [0.05, 0.1) is 31.8 Å². The number of benzene rings is 2. The van der Waals surface area contributed by atoms with Crippen LogP contribution in [0, 0.1) is 0 Å². The number of amides is 1. The third-order valence-corrected chi connectivity index (χ3v) is 5.99. The lowest BCUT2D eigenvalue weighted by Gasteiger charge is -2.25. The number of carbonyl (C=O) groups is 1. The predicted octanol–water partition coefficient (Wildman–Crippen LogP) is 3.94. The second-order valence-electron chi connectivity index (χ2n) is 7.76. The molecule has 1 amide bonds. The summed E-state index contributed by atoms with van der Waals surface area (Å²) in [6.45, 7) is 0.720. The van der Waals surface area contributed by atoms with Crippen molar-refractivity contribution in [1.29, 1.82) is 0 Å². The number of rotatable bonds is 9. The SMILES string of the molecule is COc1ccc(NC(=O)c2nc(S(C)(=O)=O)ncc2N(Cc2ccccc2)Cc2ccco2)cc1. The molecule has 2 aromatic carbocycles. The molecular formula is C25H24N4O5S. The fourth-order valence-corrected chi connectivity index (χ4v) is 3.92. The maximum absolute atomic E-state index is 13.4. The summed E-state index contributed by atoms with van der Waals surface area (Å²) >= 11 is 0. The second-order valence-corrected chi connectivity index (χ2v) is 9.67. The number of sulfone groups is 1. The first-order valence-electron chi connectivity index (χ1n) is 10.7. The maximum Gasteiger partial charge on any atom is 0.276 e. The largest absolute Gasteiger partial charge is 0.497 e. The molecule has 0 spiro atoms. The monoisotopic (exact) mass is 492 g/mol. The summed E-state index contributed by atoms with van der Waals surface area (Å²) in [5.41, 5.74) is 1.78. The van der Waals surface area contributed by atoms with Gasteiger partial charge in [-0.3, -0.25) is 4.79 Å². The standard InChI is InChI=1S/C25H24N4O5S/c1-33-20-12-10-19(11-13-20)27-24(30)23-22(15-26-25(28-23)35(2,31)32)29(17-21-9-6-14-34-21)16-18-7-4-3-5-8-18/h3-15H,16-17H2,1-2H3,(H,27,30). The van der Waals surface area contributed by atoms with Crippen LogP contribution in [-0.2, 0) is 22.9 Å². The molecule has 35 heavy (non-hydrogen) atoms. The lowest BCUT2D eigenvalue weighted by atomic mass is 10.2. The number of aromatic nitrogens is 2. The van der Waals surface area contributed by atoms with Crippen LogP contribution >= 0.6 is 0 Å². The van der Waals surface area contributed by atoms with Crippen molar-refractivity contribution >= 4 is 27.1 Å². The Bertz CT molecular complexity index is 1390. The Morgan fingerprint density at radius 2 is 1.77 bits per heavy atom. The smallest absolute Gasteiger partial charge is 0.276 e. The number of nitrogens with zero attached hydrogens (tertiary/aromatic N) is 3. The van der Waals surface area contributed by atoms with Crippen LogP contribution in [0.4, 0.5) is 11.4 Å². The quantitative estimate of drug-likeness (QED) is 0.350. The van der Waals surface area contributed by atoms with Gasteiger partial charge in [-0.05, 0) is 42.0 Å². The molecule has 0 aliphatic heterocycles. The van der Waals surface area contributed by atoms with Gasteiger partial charge >= 0.3 is 0 Å². The van der Waals surface area contributed by atoms with E-state index in [1.165, 1.54) is 6.20 Å². The third-order valence-electron chi connectivity index (χ3n) is 5.13. The summed E-state index contributed by atoms with van der Waals surface area (Å²) in [6, 6.07) is 20.0. The van der Waals surface area contributed by atoms with Crippen LogP contribution in [0.5, 0.6) is 5.75 Å². The number of anilines is 2. The van der Waals surface area contributed by atoms with E-state index >= 15 is 0 Å². The summed E-state index contributed by atoms with van der Waals surface area (Å²) in [6.07, 6.45) is 3.92. The first-order chi connectivity index (χ1) is 16.8. The van der Waals surface area contributed by atoms with Crippen molar-refractivity contribution < 1.29 is 22.4 Å². The van der Waals surface area contributed by atoms with Crippen molar-refractivity contribution in [2.45, 2.75) is 18.2 Å². The number of hydrogen-bond acceptors (Lipinski definition) is 8. The number of methoxy groups -OCH3 is 1. The summed E-state index contributed by atoms with van der Waals surface area (Å²) in [7, 11) is -2.20. The van der Waals surface area contributed by atoms with Gasteiger partial charge in [-0.1, -0.05) is 30.3 Å². The molecule has 0 radical (unpaired) electrons. The van der Waals surface area contributed by atoms with Crippen LogP contribution in [0.3, 0.4) is 0 Å². The van der Waals surface area contributed by atoms with E-state index in [1.807, 2.05) is 41.3 Å². The topological polar surface area (TPSA) is 115 Å². The molecule has 10 heteroatoms. The zero-order chi connectivity index (χ0) is 24.8. The highest BCUT2D eigenvalue weighted by molar-refractivity contribution is 7.90. The average molecular weight is 493 g/mol. The van der Waals surface area contributed by atoms with Crippen molar-refractivity contribution in [3.05, 3.63) is 96.2 Å². The summed E-state index contributed by atoms with van der Waals surface area (Å²) < 4.78 is 35.0. The van der Waals surface area contributed by atoms with Gasteiger partial charge < -0.3 is 19.4 Å². The Morgan fingerprint density at radius 1 is 1.03 bits per heavy atom. The summed E-state index contributed by atoms with van der Waals surface area (Å²) in [5, 5.41) is 2.34. The van der Waals surface area contributed by atoms with Crippen molar-refractivity contribution in [3.8, 4) is 5.75 Å². The molecule has 0 bridgehead atoms. The first-order valence-corrected chi connectivity index (χ1v) is 12.6. The molecule has 0 saturated carbocycles. The second kappa shape index (κ2) is 10.4. The molecule has 180 valence electrons. The molecule has 0 aliphatic rings. The van der Waals surface area contributed by atoms with Crippen LogP contribution < -0.4 is 15.0 Å². The number of hydrogen-bond donors (Lipinski definition) is 1. The Morgan fingerprint density at radius 3 is 2.40 bits per heavy atom. The van der Waals surface area contributed by atoms with E-state index in [2.05, 4.69) is 15.3 Å². The van der Waals surface area contributed by atoms with Gasteiger partial charge in [0.2, 0.25) is 15.0 Å². The minimum Gasteiger partial charge on any atom is -0.497 e. The van der Waals surface area contributed by atoms with Crippen LogP contribution in [-0.4, -0.2) is 37.7 Å². The van der Waals surface area contributed by atoms with Gasteiger partial charge in [-0.2, -0.15) is 0 Å². The van der Waals surface area contributed by atoms with E-state index in [0.717, 1.165) is 11.8 Å². The zero-order valence-electron chi connectivity index (χ0n) is 19.2. The van der Waals surface area contributed by atoms with Gasteiger partial charge in [0.15, 0.2) is 5.69 Å². The van der Waals surface area contributed by atoms with Crippen molar-refractivity contribution in [3.63, 3.8) is 0 Å². The number of furan rings is 1. The Hall–Kier alpha value is -4.18. The minimum absolute atomic E-state index is 0.0706. The Balaban J connectivity index is 1.75. The van der Waals surface area contributed by atoms with Crippen molar-refractivity contribution in [1.82, 2.24) is 9.97 Å². The molecule has 4 aromatic rings. The van der Waals surface area contributed by atoms with Crippen LogP contribution in [0.2, 0.25) is 0 Å². The lowest BCUT2D eigenvalue weighted by Crippen LogP contribution is -2.27. The number of nitrogens with one attached hydrogen (secondary N) is 1. The van der Waals surface area contributed by atoms with E-state index in [0.29, 0.717) is 36.0 Å². The highest BCUT2D eigenvalue weighted by atomic mass is 32.2. The van der Waals surface area contributed by atoms with E-state index in [1.54, 1.807) is 43.7 Å². The highest BCUT2D eigenvalue weighted by Gasteiger charge is 2.24. The molecule has 0 saturated heterocycles. The van der Waals surface area contributed by atoms with Crippen LogP contribution in [0.15, 0.2) is 88.8 Å². The predicted molar refractivity (Wildman–Crippen MR) is 131 cm³/mol. The van der Waals surface area contributed by atoms with Crippen LogP contribution in [0.1, 0.15) is 21.8 Å². The molecule has 2 heterocycles. The van der Waals surface area contributed by atoms with Crippen molar-refractivity contribution in [2.24, 2.45) is 0 Å². The lowest BCUT2D eigenvalue weighted by molar-refractivity contribution is 0.102. The Labute approximate surface area is 203 Å². The van der Waals surface area contributed by atoms with Gasteiger partial charge in [0.25, 0.3) is 5.91 Å². The fourth-order valence-electron chi connectivity index (χ4n) is 3.42. The normalized spacial score (nSPS) is 11.1. The van der Waals surface area contributed by atoms with E-state index in [4.69, 9.17) is 9.15 Å². The summed E-state index contributed by atoms with van der Waals surface area (Å²) in [5.74, 6) is 0.724. The average Bonchev–Trinajstić information content (AvgIpc) is 3.37. The third kappa shape index (κ3) is 6.04. The molecule has 0 unspecified atom stereocenters. The molecule has 0 fully saturated rings. The molecule has 0 aliphatic carbocycles. The molecular weight excluding hydrogens is 468 g/mol. The van der Waals surface area contributed by atoms with Crippen molar-refractivity contribution in [2.75, 3.05) is 23.6 Å². The van der Waals surface area contributed by atoms with Gasteiger partial charge in [0, 0.05) is 18.5 Å². The molecule has 1 N–H and O–H groups in total.